The predicted octanol–water partition coefficient (Wildman–Crippen LogP) is 0.881. The van der Waals surface area contributed by atoms with Crippen LogP contribution in [0.1, 0.15) is 34.0 Å². The van der Waals surface area contributed by atoms with Gasteiger partial charge in [0, 0.05) is 31.7 Å². The molecule has 6 nitrogen and oxygen atoms in total. The van der Waals surface area contributed by atoms with Gasteiger partial charge in [-0.15, -0.1) is 11.3 Å². The fourth-order valence-corrected chi connectivity index (χ4v) is 3.65. The molecular formula is C13H21N5OS. The Morgan fingerprint density at radius 3 is 2.50 bits per heavy atom. The van der Waals surface area contributed by atoms with Crippen LogP contribution in [0.3, 0.4) is 0 Å². The van der Waals surface area contributed by atoms with Crippen LogP contribution in [0, 0.1) is 0 Å². The van der Waals surface area contributed by atoms with Gasteiger partial charge in [0.05, 0.1) is 5.69 Å². The molecule has 2 aliphatic rings. The van der Waals surface area contributed by atoms with Crippen molar-refractivity contribution in [1.82, 2.24) is 9.91 Å². The van der Waals surface area contributed by atoms with Gasteiger partial charge in [-0.1, -0.05) is 0 Å². The van der Waals surface area contributed by atoms with Crippen LogP contribution >= 0.6 is 11.3 Å². The maximum Gasteiger partial charge on any atom is 0.260 e. The molecule has 1 saturated heterocycles. The molecule has 0 radical (unpaired) electrons. The predicted molar refractivity (Wildman–Crippen MR) is 81.9 cm³/mol. The van der Waals surface area contributed by atoms with Crippen LogP contribution in [0.25, 0.3) is 0 Å². The lowest BCUT2D eigenvalue weighted by Gasteiger charge is -2.32. The molecule has 2 fully saturated rings. The number of rotatable bonds is 4. The summed E-state index contributed by atoms with van der Waals surface area (Å²) in [6, 6.07) is 0. The van der Waals surface area contributed by atoms with Gasteiger partial charge in [0.25, 0.3) is 5.91 Å². The zero-order valence-electron chi connectivity index (χ0n) is 11.7. The van der Waals surface area contributed by atoms with Gasteiger partial charge in [0.1, 0.15) is 9.88 Å². The number of hydrogen-bond acceptors (Lipinski definition) is 6. The Morgan fingerprint density at radius 1 is 1.30 bits per heavy atom. The van der Waals surface area contributed by atoms with Crippen LogP contribution in [0.5, 0.6) is 0 Å². The summed E-state index contributed by atoms with van der Waals surface area (Å²) < 4.78 is 0. The molecule has 110 valence electrons. The molecule has 1 aliphatic heterocycles. The Hall–Kier alpha value is -1.31. The van der Waals surface area contributed by atoms with E-state index < -0.39 is 5.91 Å². The second-order valence-corrected chi connectivity index (χ2v) is 6.65. The van der Waals surface area contributed by atoms with E-state index in [4.69, 9.17) is 11.5 Å². The molecule has 3 rings (SSSR count). The van der Waals surface area contributed by atoms with E-state index in [1.165, 1.54) is 11.3 Å². The monoisotopic (exact) mass is 295 g/mol. The van der Waals surface area contributed by atoms with E-state index in [1.807, 2.05) is 0 Å². The minimum absolute atomic E-state index is 0.430. The first-order valence-electron chi connectivity index (χ1n) is 6.98. The van der Waals surface area contributed by atoms with Crippen LogP contribution < -0.4 is 16.9 Å². The van der Waals surface area contributed by atoms with Crippen molar-refractivity contribution in [2.45, 2.75) is 18.8 Å². The highest BCUT2D eigenvalue weighted by Crippen LogP contribution is 2.50. The number of nitrogens with zero attached hydrogens (tertiary/aromatic N) is 2. The van der Waals surface area contributed by atoms with Crippen LogP contribution in [-0.2, 0) is 0 Å². The first kappa shape index (κ1) is 13.7. The summed E-state index contributed by atoms with van der Waals surface area (Å²) in [6.45, 7) is 4.00. The number of amides is 1. The number of hydrazine groups is 1. The van der Waals surface area contributed by atoms with Crippen molar-refractivity contribution >= 4 is 27.9 Å². The van der Waals surface area contributed by atoms with E-state index in [2.05, 4.69) is 22.4 Å². The van der Waals surface area contributed by atoms with E-state index in [0.717, 1.165) is 49.6 Å². The average molecular weight is 295 g/mol. The first-order valence-corrected chi connectivity index (χ1v) is 7.80. The highest BCUT2D eigenvalue weighted by Gasteiger charge is 2.33. The van der Waals surface area contributed by atoms with E-state index in [9.17, 15) is 4.79 Å². The van der Waals surface area contributed by atoms with Gasteiger partial charge in [-0.05, 0) is 25.8 Å². The summed E-state index contributed by atoms with van der Waals surface area (Å²) in [5.74, 6) is 0.0649. The van der Waals surface area contributed by atoms with Crippen molar-refractivity contribution in [2.24, 2.45) is 5.73 Å². The Kier molecular flexibility index (Phi) is 3.57. The van der Waals surface area contributed by atoms with Gasteiger partial charge in [-0.2, -0.15) is 0 Å². The number of likely N-dealkylation sites (N-methyl/N-ethyl adjacent to an activating group) is 1. The zero-order chi connectivity index (χ0) is 14.3. The lowest BCUT2D eigenvalue weighted by atomic mass is 10.1. The second-order valence-electron chi connectivity index (χ2n) is 5.63. The number of hydrogen-bond donors (Lipinski definition) is 3. The topological polar surface area (TPSA) is 87.6 Å². The van der Waals surface area contributed by atoms with Gasteiger partial charge in [0.15, 0.2) is 0 Å². The molecule has 7 heteroatoms. The molecule has 1 saturated carbocycles. The molecule has 1 aromatic rings. The third-order valence-electron chi connectivity index (χ3n) is 3.96. The molecule has 0 unspecified atom stereocenters. The average Bonchev–Trinajstić information content (AvgIpc) is 3.17. The van der Waals surface area contributed by atoms with Crippen molar-refractivity contribution in [3.05, 3.63) is 10.4 Å². The molecule has 1 aromatic heterocycles. The second kappa shape index (κ2) is 5.23. The standard InChI is InChI=1S/C13H21N5OS/c1-17-4-6-18(7-5-17)16-13-9(8-2-3-8)10(14)11(20-13)12(15)19/h8,16H,2-7,14H2,1H3,(H2,15,19). The summed E-state index contributed by atoms with van der Waals surface area (Å²) in [5, 5.41) is 3.20. The Labute approximate surface area is 122 Å². The summed E-state index contributed by atoms with van der Waals surface area (Å²) in [4.78, 5) is 14.3. The number of carbonyl (C=O) groups is 1. The Bertz CT molecular complexity index is 517. The fraction of sp³-hybridized carbons (Fsp3) is 0.615. The van der Waals surface area contributed by atoms with Gasteiger partial charge < -0.3 is 21.8 Å². The lowest BCUT2D eigenvalue weighted by molar-refractivity contribution is 0.100. The van der Waals surface area contributed by atoms with Crippen molar-refractivity contribution in [3.8, 4) is 0 Å². The molecule has 0 spiro atoms. The molecule has 0 atom stereocenters. The molecule has 0 bridgehead atoms. The summed E-state index contributed by atoms with van der Waals surface area (Å²) in [7, 11) is 2.13. The molecule has 5 N–H and O–H groups in total. The van der Waals surface area contributed by atoms with Crippen molar-refractivity contribution in [3.63, 3.8) is 0 Å². The number of nitrogens with two attached hydrogens (primary N) is 2. The quantitative estimate of drug-likeness (QED) is 0.767. The number of nitrogen functional groups attached to an aromatic ring is 1. The van der Waals surface area contributed by atoms with Gasteiger partial charge in [0.2, 0.25) is 0 Å². The van der Waals surface area contributed by atoms with Crippen LogP contribution in [-0.4, -0.2) is 49.0 Å². The molecule has 2 heterocycles. The van der Waals surface area contributed by atoms with E-state index in [-0.39, 0.29) is 0 Å². The molecule has 1 amide bonds. The largest absolute Gasteiger partial charge is 0.397 e. The minimum Gasteiger partial charge on any atom is -0.397 e. The Balaban J connectivity index is 1.81. The van der Waals surface area contributed by atoms with Crippen molar-refractivity contribution < 1.29 is 4.79 Å². The third kappa shape index (κ3) is 2.61. The first-order chi connectivity index (χ1) is 9.56. The molecule has 20 heavy (non-hydrogen) atoms. The molecular weight excluding hydrogens is 274 g/mol. The van der Waals surface area contributed by atoms with Gasteiger partial charge in [-0.25, -0.2) is 5.01 Å². The number of anilines is 2. The summed E-state index contributed by atoms with van der Waals surface area (Å²) in [6.07, 6.45) is 2.30. The van der Waals surface area contributed by atoms with E-state index in [1.54, 1.807) is 0 Å². The van der Waals surface area contributed by atoms with Crippen LogP contribution in [0.15, 0.2) is 0 Å². The van der Waals surface area contributed by atoms with E-state index >= 15 is 0 Å². The number of piperazine rings is 1. The number of thiophene rings is 1. The summed E-state index contributed by atoms with van der Waals surface area (Å²) in [5.41, 5.74) is 16.7. The lowest BCUT2D eigenvalue weighted by Crippen LogP contribution is -2.46. The van der Waals surface area contributed by atoms with Gasteiger partial charge in [-0.3, -0.25) is 4.79 Å². The smallest absolute Gasteiger partial charge is 0.260 e. The maximum atomic E-state index is 11.5. The van der Waals surface area contributed by atoms with Crippen LogP contribution in [0.4, 0.5) is 10.7 Å². The molecule has 1 aliphatic carbocycles. The minimum atomic E-state index is -0.430. The van der Waals surface area contributed by atoms with Crippen LogP contribution in [0.2, 0.25) is 0 Å². The number of nitrogens with one attached hydrogen (secondary N) is 1. The number of primary amides is 1. The molecule has 0 aromatic carbocycles. The third-order valence-corrected chi connectivity index (χ3v) is 5.10. The fourth-order valence-electron chi connectivity index (χ4n) is 2.56. The maximum absolute atomic E-state index is 11.5. The highest BCUT2D eigenvalue weighted by molar-refractivity contribution is 7.18. The van der Waals surface area contributed by atoms with Crippen molar-refractivity contribution in [1.29, 1.82) is 0 Å². The normalized spacial score (nSPS) is 21.1. The number of carbonyl (C=O) groups excluding carboxylic acids is 1. The van der Waals surface area contributed by atoms with Crippen molar-refractivity contribution in [2.75, 3.05) is 44.4 Å². The zero-order valence-corrected chi connectivity index (χ0v) is 12.5. The SMILES string of the molecule is CN1CCN(Nc2sc(C(N)=O)c(N)c2C2CC2)CC1. The highest BCUT2D eigenvalue weighted by atomic mass is 32.1. The van der Waals surface area contributed by atoms with E-state index in [0.29, 0.717) is 16.5 Å². The van der Waals surface area contributed by atoms with Gasteiger partial charge >= 0.3 is 0 Å². The Morgan fingerprint density at radius 2 is 1.95 bits per heavy atom. The summed E-state index contributed by atoms with van der Waals surface area (Å²) >= 11 is 1.39.